The zero-order valence-corrected chi connectivity index (χ0v) is 20.3. The zero-order valence-electron chi connectivity index (χ0n) is 20.3. The quantitative estimate of drug-likeness (QED) is 0.255. The molecule has 2 unspecified atom stereocenters. The van der Waals surface area contributed by atoms with Gasteiger partial charge in [-0.3, -0.25) is 0 Å². The van der Waals surface area contributed by atoms with Crippen LogP contribution in [0.25, 0.3) is 50.3 Å². The maximum atomic E-state index is 6.26. The van der Waals surface area contributed by atoms with Crippen LogP contribution >= 0.6 is 0 Å². The Bertz CT molecular complexity index is 1920. The summed E-state index contributed by atoms with van der Waals surface area (Å²) in [6, 6.07) is 32.5. The standard InChI is InChI=1S/C33H21N3O2/c1-2-9-20(10-3-1)31-34-32(21-17-18-23-22-11-4-6-14-26(22)38-29(23)19-21)36-33(35-31)25-13-8-16-28-30(25)24-12-5-7-15-27(24)37-28/h1-19,28,30H. The molecule has 3 heterocycles. The van der Waals surface area contributed by atoms with Crippen LogP contribution in [0.3, 0.4) is 0 Å². The molecule has 2 aromatic heterocycles. The second-order valence-corrected chi connectivity index (χ2v) is 9.59. The van der Waals surface area contributed by atoms with E-state index in [-0.39, 0.29) is 12.0 Å². The summed E-state index contributed by atoms with van der Waals surface area (Å²) < 4.78 is 12.4. The second-order valence-electron chi connectivity index (χ2n) is 9.59. The molecule has 2 aliphatic rings. The Hall–Kier alpha value is -5.03. The first-order valence-electron chi connectivity index (χ1n) is 12.7. The smallest absolute Gasteiger partial charge is 0.164 e. The maximum Gasteiger partial charge on any atom is 0.164 e. The molecule has 180 valence electrons. The van der Waals surface area contributed by atoms with Crippen LogP contribution in [0.1, 0.15) is 17.3 Å². The summed E-state index contributed by atoms with van der Waals surface area (Å²) in [5.74, 6) is 2.82. The molecule has 2 atom stereocenters. The Kier molecular flexibility index (Phi) is 4.58. The van der Waals surface area contributed by atoms with Crippen LogP contribution in [0, 0.1) is 0 Å². The molecule has 0 amide bonds. The molecule has 0 saturated heterocycles. The fourth-order valence-electron chi connectivity index (χ4n) is 5.53. The molecule has 0 fully saturated rings. The molecule has 0 radical (unpaired) electrons. The van der Waals surface area contributed by atoms with Gasteiger partial charge < -0.3 is 9.15 Å². The Morgan fingerprint density at radius 2 is 1.34 bits per heavy atom. The summed E-state index contributed by atoms with van der Waals surface area (Å²) in [7, 11) is 0. The number of rotatable bonds is 3. The summed E-state index contributed by atoms with van der Waals surface area (Å²) in [6.07, 6.45) is 6.15. The van der Waals surface area contributed by atoms with E-state index in [1.165, 1.54) is 0 Å². The van der Waals surface area contributed by atoms with E-state index in [1.54, 1.807) is 0 Å². The lowest BCUT2D eigenvalue weighted by molar-refractivity contribution is 0.271. The van der Waals surface area contributed by atoms with Gasteiger partial charge >= 0.3 is 0 Å². The van der Waals surface area contributed by atoms with Gasteiger partial charge in [-0.1, -0.05) is 84.9 Å². The van der Waals surface area contributed by atoms with Crippen molar-refractivity contribution in [2.75, 3.05) is 0 Å². The van der Waals surface area contributed by atoms with E-state index in [2.05, 4.69) is 42.5 Å². The first-order chi connectivity index (χ1) is 18.8. The van der Waals surface area contributed by atoms with Gasteiger partial charge in [0.25, 0.3) is 0 Å². The largest absolute Gasteiger partial charge is 0.485 e. The van der Waals surface area contributed by atoms with E-state index in [1.807, 2.05) is 72.8 Å². The highest BCUT2D eigenvalue weighted by Crippen LogP contribution is 2.47. The molecule has 5 nitrogen and oxygen atoms in total. The number of hydrogen-bond acceptors (Lipinski definition) is 5. The van der Waals surface area contributed by atoms with Crippen LogP contribution in [0.15, 0.2) is 120 Å². The van der Waals surface area contributed by atoms with Gasteiger partial charge in [0.1, 0.15) is 23.0 Å². The number of fused-ring (bicyclic) bond motifs is 6. The van der Waals surface area contributed by atoms with Crippen LogP contribution in [0.2, 0.25) is 0 Å². The van der Waals surface area contributed by atoms with Crippen molar-refractivity contribution in [2.24, 2.45) is 0 Å². The topological polar surface area (TPSA) is 61.0 Å². The molecule has 6 aromatic rings. The number of aromatic nitrogens is 3. The molecule has 8 rings (SSSR count). The van der Waals surface area contributed by atoms with Crippen molar-refractivity contribution in [2.45, 2.75) is 12.0 Å². The van der Waals surface area contributed by atoms with Gasteiger partial charge in [-0.25, -0.2) is 15.0 Å². The van der Waals surface area contributed by atoms with Crippen molar-refractivity contribution in [1.82, 2.24) is 15.0 Å². The number of allylic oxidation sites excluding steroid dienone is 2. The van der Waals surface area contributed by atoms with Gasteiger partial charge in [-0.15, -0.1) is 0 Å². The summed E-state index contributed by atoms with van der Waals surface area (Å²) >= 11 is 0. The Morgan fingerprint density at radius 1 is 0.605 bits per heavy atom. The summed E-state index contributed by atoms with van der Waals surface area (Å²) in [5.41, 5.74) is 5.67. The Balaban J connectivity index is 1.31. The average Bonchev–Trinajstić information content (AvgIpc) is 3.55. The number of hydrogen-bond donors (Lipinski definition) is 0. The normalized spacial score (nSPS) is 17.7. The van der Waals surface area contributed by atoms with Crippen molar-refractivity contribution in [3.63, 3.8) is 0 Å². The van der Waals surface area contributed by atoms with Crippen LogP contribution in [0.5, 0.6) is 5.75 Å². The van der Waals surface area contributed by atoms with Crippen LogP contribution < -0.4 is 4.74 Å². The fraction of sp³-hybridized carbons (Fsp3) is 0.0606. The summed E-state index contributed by atoms with van der Waals surface area (Å²) in [5, 5.41) is 2.17. The molecule has 4 aromatic carbocycles. The molecule has 1 aliphatic heterocycles. The molecule has 5 heteroatoms. The van der Waals surface area contributed by atoms with Crippen LogP contribution in [-0.4, -0.2) is 21.1 Å². The SMILES string of the molecule is C1=CC2Oc3ccccc3C2C(c2nc(-c3ccccc3)nc(-c3ccc4c(c3)oc3ccccc34)n2)=C1. The maximum absolute atomic E-state index is 6.26. The number of furan rings is 1. The van der Waals surface area contributed by atoms with E-state index in [0.717, 1.165) is 50.0 Å². The molecule has 0 bridgehead atoms. The first kappa shape index (κ1) is 21.1. The molecule has 38 heavy (non-hydrogen) atoms. The van der Waals surface area contributed by atoms with Gasteiger partial charge in [0.05, 0.1) is 5.92 Å². The number of nitrogens with zero attached hydrogens (tertiary/aromatic N) is 3. The van der Waals surface area contributed by atoms with Gasteiger partial charge in [0.2, 0.25) is 0 Å². The van der Waals surface area contributed by atoms with E-state index in [9.17, 15) is 0 Å². The molecule has 1 aliphatic carbocycles. The van der Waals surface area contributed by atoms with Crippen LogP contribution in [-0.2, 0) is 0 Å². The zero-order chi connectivity index (χ0) is 25.1. The fourth-order valence-corrected chi connectivity index (χ4v) is 5.53. The van der Waals surface area contributed by atoms with Crippen molar-refractivity contribution < 1.29 is 9.15 Å². The van der Waals surface area contributed by atoms with Crippen molar-refractivity contribution in [1.29, 1.82) is 0 Å². The summed E-state index contributed by atoms with van der Waals surface area (Å²) in [4.78, 5) is 14.9. The van der Waals surface area contributed by atoms with Crippen LogP contribution in [0.4, 0.5) is 0 Å². The van der Waals surface area contributed by atoms with E-state index >= 15 is 0 Å². The third-order valence-corrected chi connectivity index (χ3v) is 7.32. The minimum absolute atomic E-state index is 0.0212. The van der Waals surface area contributed by atoms with Gasteiger partial charge in [-0.05, 0) is 30.3 Å². The van der Waals surface area contributed by atoms with E-state index < -0.39 is 0 Å². The lowest BCUT2D eigenvalue weighted by atomic mass is 9.84. The van der Waals surface area contributed by atoms with Gasteiger partial charge in [-0.2, -0.15) is 0 Å². The van der Waals surface area contributed by atoms with E-state index in [0.29, 0.717) is 17.5 Å². The predicted octanol–water partition coefficient (Wildman–Crippen LogP) is 7.60. The van der Waals surface area contributed by atoms with Crippen molar-refractivity contribution >= 4 is 27.5 Å². The second kappa shape index (κ2) is 8.25. The van der Waals surface area contributed by atoms with Gasteiger partial charge in [0, 0.05) is 33.0 Å². The highest BCUT2D eigenvalue weighted by atomic mass is 16.5. The van der Waals surface area contributed by atoms with Gasteiger partial charge in [0.15, 0.2) is 17.5 Å². The molecule has 0 saturated carbocycles. The van der Waals surface area contributed by atoms with Crippen molar-refractivity contribution in [3.8, 4) is 28.5 Å². The number of para-hydroxylation sites is 2. The number of ether oxygens (including phenoxy) is 1. The Morgan fingerprint density at radius 3 is 2.26 bits per heavy atom. The molecule has 0 spiro atoms. The lowest BCUT2D eigenvalue weighted by Crippen LogP contribution is -2.20. The predicted molar refractivity (Wildman–Crippen MR) is 149 cm³/mol. The van der Waals surface area contributed by atoms with E-state index in [4.69, 9.17) is 24.1 Å². The third-order valence-electron chi connectivity index (χ3n) is 7.32. The molecular weight excluding hydrogens is 470 g/mol. The highest BCUT2D eigenvalue weighted by Gasteiger charge is 2.38. The molecule has 0 N–H and O–H groups in total. The van der Waals surface area contributed by atoms with Crippen molar-refractivity contribution in [3.05, 3.63) is 127 Å². The Labute approximate surface area is 218 Å². The highest BCUT2D eigenvalue weighted by molar-refractivity contribution is 6.05. The lowest BCUT2D eigenvalue weighted by Gasteiger charge is -2.22. The third kappa shape index (κ3) is 3.29. The minimum atomic E-state index is -0.0836. The monoisotopic (exact) mass is 491 g/mol. The average molecular weight is 492 g/mol. The first-order valence-corrected chi connectivity index (χ1v) is 12.7. The summed E-state index contributed by atoms with van der Waals surface area (Å²) in [6.45, 7) is 0. The molecular formula is C33H21N3O2. The number of benzene rings is 4. The minimum Gasteiger partial charge on any atom is -0.485 e.